The lowest BCUT2D eigenvalue weighted by molar-refractivity contribution is -0.118. The van der Waals surface area contributed by atoms with Crippen LogP contribution in [-0.4, -0.2) is 18.9 Å². The first-order chi connectivity index (χ1) is 11.0. The van der Waals surface area contributed by atoms with Crippen LogP contribution in [0.25, 0.3) is 0 Å². The third kappa shape index (κ3) is 2.97. The average Bonchev–Trinajstić information content (AvgIpc) is 2.51. The van der Waals surface area contributed by atoms with Gasteiger partial charge in [-0.15, -0.1) is 0 Å². The minimum atomic E-state index is -0.109. The molecule has 0 aliphatic carbocycles. The number of hydrogen-bond acceptors (Lipinski definition) is 2. The number of nitrogens with one attached hydrogen (secondary N) is 1. The number of carbonyl (C=O) groups excluding carboxylic acids is 2. The highest BCUT2D eigenvalue weighted by molar-refractivity contribution is 6.05. The predicted molar refractivity (Wildman–Crippen MR) is 92.0 cm³/mol. The van der Waals surface area contributed by atoms with Crippen molar-refractivity contribution >= 4 is 23.2 Å². The lowest BCUT2D eigenvalue weighted by Crippen LogP contribution is -2.31. The fourth-order valence-corrected chi connectivity index (χ4v) is 3.00. The highest BCUT2D eigenvalue weighted by atomic mass is 16.2. The summed E-state index contributed by atoms with van der Waals surface area (Å²) in [7, 11) is 1.79. The molecule has 4 nitrogen and oxygen atoms in total. The molecule has 0 aromatic heterocycles. The number of hydrogen-bond donors (Lipinski definition) is 1. The standard InChI is InChI=1S/C19H20N2O2/c1-12-4-7-16(13(2)10-12)19(23)20-15-6-8-17-14(11-15)5-9-18(22)21(17)3/h4,6-8,10-11H,5,9H2,1-3H3,(H,20,23). The monoisotopic (exact) mass is 308 g/mol. The highest BCUT2D eigenvalue weighted by Gasteiger charge is 2.21. The molecule has 2 amide bonds. The Morgan fingerprint density at radius 2 is 1.87 bits per heavy atom. The summed E-state index contributed by atoms with van der Waals surface area (Å²) in [6, 6.07) is 11.5. The Hall–Kier alpha value is -2.62. The van der Waals surface area contributed by atoms with E-state index in [1.165, 1.54) is 0 Å². The Bertz CT molecular complexity index is 796. The first-order valence-electron chi connectivity index (χ1n) is 7.74. The second-order valence-corrected chi connectivity index (χ2v) is 6.07. The number of anilines is 2. The molecule has 0 radical (unpaired) electrons. The van der Waals surface area contributed by atoms with Crippen molar-refractivity contribution in [2.24, 2.45) is 0 Å². The fourth-order valence-electron chi connectivity index (χ4n) is 3.00. The van der Waals surface area contributed by atoms with Gasteiger partial charge in [0, 0.05) is 30.4 Å². The van der Waals surface area contributed by atoms with Gasteiger partial charge in [0.15, 0.2) is 0 Å². The quantitative estimate of drug-likeness (QED) is 0.923. The van der Waals surface area contributed by atoms with E-state index in [4.69, 9.17) is 0 Å². The number of carbonyl (C=O) groups is 2. The number of rotatable bonds is 2. The molecule has 118 valence electrons. The second kappa shape index (κ2) is 5.88. The topological polar surface area (TPSA) is 49.4 Å². The van der Waals surface area contributed by atoms with Crippen LogP contribution in [0.1, 0.15) is 33.5 Å². The van der Waals surface area contributed by atoms with Crippen molar-refractivity contribution in [1.29, 1.82) is 0 Å². The van der Waals surface area contributed by atoms with Gasteiger partial charge in [0.2, 0.25) is 5.91 Å². The largest absolute Gasteiger partial charge is 0.322 e. The summed E-state index contributed by atoms with van der Waals surface area (Å²) in [6.07, 6.45) is 1.23. The van der Waals surface area contributed by atoms with Gasteiger partial charge in [-0.3, -0.25) is 9.59 Å². The molecule has 0 saturated carbocycles. The van der Waals surface area contributed by atoms with Crippen LogP contribution in [0.4, 0.5) is 11.4 Å². The van der Waals surface area contributed by atoms with Gasteiger partial charge in [-0.05, 0) is 55.7 Å². The molecule has 1 aliphatic heterocycles. The van der Waals surface area contributed by atoms with E-state index in [1.807, 2.05) is 50.2 Å². The Labute approximate surface area is 136 Å². The van der Waals surface area contributed by atoms with Crippen LogP contribution >= 0.6 is 0 Å². The highest BCUT2D eigenvalue weighted by Crippen LogP contribution is 2.29. The van der Waals surface area contributed by atoms with Gasteiger partial charge in [-0.1, -0.05) is 17.7 Å². The van der Waals surface area contributed by atoms with Gasteiger partial charge in [0.25, 0.3) is 5.91 Å². The summed E-state index contributed by atoms with van der Waals surface area (Å²) >= 11 is 0. The molecule has 4 heteroatoms. The average molecular weight is 308 g/mol. The maximum Gasteiger partial charge on any atom is 0.255 e. The molecule has 1 N–H and O–H groups in total. The van der Waals surface area contributed by atoms with Gasteiger partial charge >= 0.3 is 0 Å². The number of fused-ring (bicyclic) bond motifs is 1. The molecule has 23 heavy (non-hydrogen) atoms. The van der Waals surface area contributed by atoms with E-state index >= 15 is 0 Å². The van der Waals surface area contributed by atoms with Crippen molar-refractivity contribution < 1.29 is 9.59 Å². The lowest BCUT2D eigenvalue weighted by atomic mass is 10.0. The van der Waals surface area contributed by atoms with Crippen LogP contribution in [0.15, 0.2) is 36.4 Å². The molecule has 0 bridgehead atoms. The Morgan fingerprint density at radius 1 is 1.09 bits per heavy atom. The summed E-state index contributed by atoms with van der Waals surface area (Å²) < 4.78 is 0. The molecule has 0 spiro atoms. The molecular formula is C19H20N2O2. The van der Waals surface area contributed by atoms with Crippen molar-refractivity contribution in [2.45, 2.75) is 26.7 Å². The third-order valence-corrected chi connectivity index (χ3v) is 4.31. The maximum absolute atomic E-state index is 12.5. The summed E-state index contributed by atoms with van der Waals surface area (Å²) in [6.45, 7) is 3.95. The van der Waals surface area contributed by atoms with Gasteiger partial charge in [0.05, 0.1) is 0 Å². The first-order valence-corrected chi connectivity index (χ1v) is 7.74. The van der Waals surface area contributed by atoms with Gasteiger partial charge in [-0.2, -0.15) is 0 Å². The maximum atomic E-state index is 12.5. The van der Waals surface area contributed by atoms with Crippen LogP contribution < -0.4 is 10.2 Å². The lowest BCUT2D eigenvalue weighted by Gasteiger charge is -2.26. The van der Waals surface area contributed by atoms with Crippen LogP contribution in [0.5, 0.6) is 0 Å². The van der Waals surface area contributed by atoms with Crippen molar-refractivity contribution in [3.63, 3.8) is 0 Å². The minimum absolute atomic E-state index is 0.109. The zero-order valence-corrected chi connectivity index (χ0v) is 13.6. The van der Waals surface area contributed by atoms with E-state index in [9.17, 15) is 9.59 Å². The molecule has 2 aromatic carbocycles. The molecule has 3 rings (SSSR count). The van der Waals surface area contributed by atoms with E-state index in [0.717, 1.165) is 28.1 Å². The summed E-state index contributed by atoms with van der Waals surface area (Å²) in [4.78, 5) is 25.9. The second-order valence-electron chi connectivity index (χ2n) is 6.07. The summed E-state index contributed by atoms with van der Waals surface area (Å²) in [5.74, 6) is 0.0206. The zero-order chi connectivity index (χ0) is 16.6. The van der Waals surface area contributed by atoms with Crippen LogP contribution in [0, 0.1) is 13.8 Å². The minimum Gasteiger partial charge on any atom is -0.322 e. The number of benzene rings is 2. The SMILES string of the molecule is Cc1ccc(C(=O)Nc2ccc3c(c2)CCC(=O)N3C)c(C)c1. The number of aryl methyl sites for hydroxylation is 3. The molecule has 1 aliphatic rings. The van der Waals surface area contributed by atoms with Gasteiger partial charge < -0.3 is 10.2 Å². The molecule has 2 aromatic rings. The van der Waals surface area contributed by atoms with Crippen LogP contribution in [-0.2, 0) is 11.2 Å². The number of amides is 2. The molecular weight excluding hydrogens is 288 g/mol. The Morgan fingerprint density at radius 3 is 2.61 bits per heavy atom. The van der Waals surface area contributed by atoms with Crippen LogP contribution in [0.2, 0.25) is 0 Å². The van der Waals surface area contributed by atoms with E-state index < -0.39 is 0 Å². The molecule has 1 heterocycles. The van der Waals surface area contributed by atoms with E-state index in [1.54, 1.807) is 11.9 Å². The van der Waals surface area contributed by atoms with Crippen molar-refractivity contribution in [1.82, 2.24) is 0 Å². The zero-order valence-electron chi connectivity index (χ0n) is 13.6. The Kier molecular flexibility index (Phi) is 3.90. The molecule has 0 unspecified atom stereocenters. The predicted octanol–water partition coefficient (Wildman–Crippen LogP) is 3.46. The molecule has 0 fully saturated rings. The van der Waals surface area contributed by atoms with Gasteiger partial charge in [0.1, 0.15) is 0 Å². The molecule has 0 saturated heterocycles. The Balaban J connectivity index is 1.83. The first kappa shape index (κ1) is 15.3. The van der Waals surface area contributed by atoms with Gasteiger partial charge in [-0.25, -0.2) is 0 Å². The van der Waals surface area contributed by atoms with E-state index in [2.05, 4.69) is 5.32 Å². The van der Waals surface area contributed by atoms with E-state index in [-0.39, 0.29) is 11.8 Å². The van der Waals surface area contributed by atoms with E-state index in [0.29, 0.717) is 18.4 Å². The number of nitrogens with zero attached hydrogens (tertiary/aromatic N) is 1. The summed E-state index contributed by atoms with van der Waals surface area (Å²) in [5, 5.41) is 2.95. The molecule has 0 atom stereocenters. The van der Waals surface area contributed by atoms with Crippen molar-refractivity contribution in [3.8, 4) is 0 Å². The smallest absolute Gasteiger partial charge is 0.255 e. The van der Waals surface area contributed by atoms with Crippen LogP contribution in [0.3, 0.4) is 0 Å². The summed E-state index contributed by atoms with van der Waals surface area (Å²) in [5.41, 5.74) is 5.56. The van der Waals surface area contributed by atoms with Crippen molar-refractivity contribution in [2.75, 3.05) is 17.3 Å². The normalized spacial score (nSPS) is 13.7. The third-order valence-electron chi connectivity index (χ3n) is 4.31. The fraction of sp³-hybridized carbons (Fsp3) is 0.263. The van der Waals surface area contributed by atoms with Crippen molar-refractivity contribution in [3.05, 3.63) is 58.7 Å².